The molecule has 0 radical (unpaired) electrons. The molecule has 24 heavy (non-hydrogen) atoms. The van der Waals surface area contributed by atoms with E-state index in [2.05, 4.69) is 17.1 Å². The van der Waals surface area contributed by atoms with Gasteiger partial charge in [0, 0.05) is 19.5 Å². The van der Waals surface area contributed by atoms with E-state index in [1.54, 1.807) is 0 Å². The Morgan fingerprint density at radius 3 is 2.25 bits per heavy atom. The molecule has 1 aliphatic carbocycles. The van der Waals surface area contributed by atoms with Crippen LogP contribution < -0.4 is 5.32 Å². The van der Waals surface area contributed by atoms with E-state index in [0.717, 1.165) is 51.4 Å². The van der Waals surface area contributed by atoms with Crippen LogP contribution in [-0.2, 0) is 9.53 Å². The van der Waals surface area contributed by atoms with E-state index in [9.17, 15) is 4.79 Å². The summed E-state index contributed by atoms with van der Waals surface area (Å²) in [5.74, 6) is 1.62. The van der Waals surface area contributed by atoms with Crippen LogP contribution >= 0.6 is 12.4 Å². The number of nitrogens with zero attached hydrogens (tertiary/aromatic N) is 1. The highest BCUT2D eigenvalue weighted by atomic mass is 35.5. The standard InChI is InChI=1S/C19H34N2O2.ClH/c1-15(16-6-10-20-11-7-16)14-19(22)21-12-8-18(9-13-21)23-17-4-2-3-5-17;/h15-18,20H,2-14H2,1H3;1H. The van der Waals surface area contributed by atoms with Crippen molar-refractivity contribution in [3.05, 3.63) is 0 Å². The van der Waals surface area contributed by atoms with Crippen molar-refractivity contribution >= 4 is 18.3 Å². The van der Waals surface area contributed by atoms with E-state index in [0.29, 0.717) is 24.0 Å². The molecule has 0 aromatic rings. The third kappa shape index (κ3) is 5.60. The van der Waals surface area contributed by atoms with Crippen molar-refractivity contribution in [2.45, 2.75) is 76.9 Å². The maximum absolute atomic E-state index is 12.6. The zero-order chi connectivity index (χ0) is 16.1. The van der Waals surface area contributed by atoms with Gasteiger partial charge in [0.2, 0.25) is 5.91 Å². The molecule has 2 aliphatic heterocycles. The first-order valence-corrected chi connectivity index (χ1v) is 9.86. The van der Waals surface area contributed by atoms with E-state index in [4.69, 9.17) is 4.74 Å². The summed E-state index contributed by atoms with van der Waals surface area (Å²) in [7, 11) is 0. The van der Waals surface area contributed by atoms with Crippen LogP contribution in [-0.4, -0.2) is 49.2 Å². The molecule has 0 bridgehead atoms. The number of piperidine rings is 2. The second-order valence-electron chi connectivity index (χ2n) is 7.89. The Hall–Kier alpha value is -0.320. The molecular weight excluding hydrogens is 324 g/mol. The van der Waals surface area contributed by atoms with Crippen molar-refractivity contribution in [3.63, 3.8) is 0 Å². The molecule has 1 unspecified atom stereocenters. The van der Waals surface area contributed by atoms with Gasteiger partial charge < -0.3 is 15.0 Å². The third-order valence-corrected chi connectivity index (χ3v) is 6.17. The number of ether oxygens (including phenoxy) is 1. The average Bonchev–Trinajstić information content (AvgIpc) is 3.09. The lowest BCUT2D eigenvalue weighted by atomic mass is 9.84. The molecule has 1 saturated carbocycles. The van der Waals surface area contributed by atoms with Gasteiger partial charge in [-0.2, -0.15) is 0 Å². The van der Waals surface area contributed by atoms with Gasteiger partial charge in [-0.3, -0.25) is 4.79 Å². The van der Waals surface area contributed by atoms with Crippen LogP contribution in [0, 0.1) is 11.8 Å². The highest BCUT2D eigenvalue weighted by Gasteiger charge is 2.28. The fourth-order valence-electron chi connectivity index (χ4n) is 4.52. The van der Waals surface area contributed by atoms with E-state index in [1.807, 2.05) is 0 Å². The minimum Gasteiger partial charge on any atom is -0.375 e. The van der Waals surface area contributed by atoms with Crippen molar-refractivity contribution in [3.8, 4) is 0 Å². The number of likely N-dealkylation sites (tertiary alicyclic amines) is 1. The molecule has 1 N–H and O–H groups in total. The summed E-state index contributed by atoms with van der Waals surface area (Å²) in [5.41, 5.74) is 0. The molecule has 2 saturated heterocycles. The van der Waals surface area contributed by atoms with Gasteiger partial charge in [0.25, 0.3) is 0 Å². The van der Waals surface area contributed by atoms with Crippen molar-refractivity contribution in [1.29, 1.82) is 0 Å². The number of rotatable bonds is 5. The lowest BCUT2D eigenvalue weighted by Gasteiger charge is -2.35. The van der Waals surface area contributed by atoms with Crippen LogP contribution in [0.15, 0.2) is 0 Å². The van der Waals surface area contributed by atoms with Gasteiger partial charge in [-0.05, 0) is 63.5 Å². The second kappa shape index (κ2) is 9.98. The Kier molecular flexibility index (Phi) is 8.32. The van der Waals surface area contributed by atoms with Crippen molar-refractivity contribution in [2.24, 2.45) is 11.8 Å². The van der Waals surface area contributed by atoms with E-state index in [1.165, 1.54) is 38.5 Å². The van der Waals surface area contributed by atoms with Crippen molar-refractivity contribution in [2.75, 3.05) is 26.2 Å². The van der Waals surface area contributed by atoms with Crippen LogP contribution in [0.25, 0.3) is 0 Å². The first-order valence-electron chi connectivity index (χ1n) is 9.86. The van der Waals surface area contributed by atoms with Crippen molar-refractivity contribution < 1.29 is 9.53 Å². The van der Waals surface area contributed by atoms with Gasteiger partial charge in [0.1, 0.15) is 0 Å². The molecular formula is C19H35ClN2O2. The zero-order valence-corrected chi connectivity index (χ0v) is 16.0. The van der Waals surface area contributed by atoms with E-state index in [-0.39, 0.29) is 12.4 Å². The number of carbonyl (C=O) groups is 1. The summed E-state index contributed by atoms with van der Waals surface area (Å²) in [4.78, 5) is 14.7. The summed E-state index contributed by atoms with van der Waals surface area (Å²) < 4.78 is 6.21. The number of amides is 1. The van der Waals surface area contributed by atoms with Crippen LogP contribution in [0.1, 0.15) is 64.7 Å². The van der Waals surface area contributed by atoms with Gasteiger partial charge in [-0.1, -0.05) is 19.8 Å². The summed E-state index contributed by atoms with van der Waals surface area (Å²) in [6.07, 6.45) is 11.3. The van der Waals surface area contributed by atoms with Crippen molar-refractivity contribution in [1.82, 2.24) is 10.2 Å². The second-order valence-corrected chi connectivity index (χ2v) is 7.89. The van der Waals surface area contributed by atoms with Crippen LogP contribution in [0.4, 0.5) is 0 Å². The number of hydrogen-bond acceptors (Lipinski definition) is 3. The smallest absolute Gasteiger partial charge is 0.222 e. The Morgan fingerprint density at radius 1 is 1.04 bits per heavy atom. The van der Waals surface area contributed by atoms with Gasteiger partial charge in [0.15, 0.2) is 0 Å². The first kappa shape index (κ1) is 20.0. The highest BCUT2D eigenvalue weighted by molar-refractivity contribution is 5.85. The monoisotopic (exact) mass is 358 g/mol. The third-order valence-electron chi connectivity index (χ3n) is 6.17. The van der Waals surface area contributed by atoms with Gasteiger partial charge in [-0.15, -0.1) is 12.4 Å². The van der Waals surface area contributed by atoms with Crippen LogP contribution in [0.3, 0.4) is 0 Å². The topological polar surface area (TPSA) is 41.6 Å². The molecule has 4 nitrogen and oxygen atoms in total. The Bertz CT molecular complexity index is 374. The number of carbonyl (C=O) groups excluding carboxylic acids is 1. The molecule has 3 fully saturated rings. The first-order chi connectivity index (χ1) is 11.2. The average molecular weight is 359 g/mol. The molecule has 1 amide bonds. The molecule has 140 valence electrons. The largest absolute Gasteiger partial charge is 0.375 e. The molecule has 2 heterocycles. The Labute approximate surface area is 153 Å². The van der Waals surface area contributed by atoms with Gasteiger partial charge in [0.05, 0.1) is 12.2 Å². The Morgan fingerprint density at radius 2 is 1.62 bits per heavy atom. The van der Waals surface area contributed by atoms with E-state index < -0.39 is 0 Å². The van der Waals surface area contributed by atoms with E-state index >= 15 is 0 Å². The van der Waals surface area contributed by atoms with Crippen LogP contribution in [0.2, 0.25) is 0 Å². The lowest BCUT2D eigenvalue weighted by molar-refractivity contribution is -0.136. The van der Waals surface area contributed by atoms with Gasteiger partial charge >= 0.3 is 0 Å². The number of nitrogens with one attached hydrogen (secondary N) is 1. The predicted octanol–water partition coefficient (Wildman–Crippen LogP) is 3.38. The van der Waals surface area contributed by atoms with Gasteiger partial charge in [-0.25, -0.2) is 0 Å². The predicted molar refractivity (Wildman–Crippen MR) is 99.6 cm³/mol. The SMILES string of the molecule is CC(CC(=O)N1CCC(OC2CCCC2)CC1)C1CCNCC1.Cl. The summed E-state index contributed by atoms with van der Waals surface area (Å²) in [5, 5.41) is 3.41. The number of halogens is 1. The normalized spacial score (nSPS) is 25.5. The summed E-state index contributed by atoms with van der Waals surface area (Å²) in [6, 6.07) is 0. The Balaban J connectivity index is 0.00000208. The molecule has 3 aliphatic rings. The fraction of sp³-hybridized carbons (Fsp3) is 0.947. The zero-order valence-electron chi connectivity index (χ0n) is 15.2. The minimum atomic E-state index is 0. The molecule has 0 spiro atoms. The lowest BCUT2D eigenvalue weighted by Crippen LogP contribution is -2.42. The maximum atomic E-state index is 12.6. The molecule has 0 aromatic heterocycles. The quantitative estimate of drug-likeness (QED) is 0.819. The summed E-state index contributed by atoms with van der Waals surface area (Å²) in [6.45, 7) is 6.30. The minimum absolute atomic E-state index is 0. The number of hydrogen-bond donors (Lipinski definition) is 1. The molecule has 0 aromatic carbocycles. The van der Waals surface area contributed by atoms with Crippen LogP contribution in [0.5, 0.6) is 0 Å². The maximum Gasteiger partial charge on any atom is 0.222 e. The summed E-state index contributed by atoms with van der Waals surface area (Å²) >= 11 is 0. The molecule has 5 heteroatoms. The fourth-order valence-corrected chi connectivity index (χ4v) is 4.52. The molecule has 1 atom stereocenters. The highest BCUT2D eigenvalue weighted by Crippen LogP contribution is 2.27. The molecule has 3 rings (SSSR count).